The van der Waals surface area contributed by atoms with Crippen molar-refractivity contribution in [1.29, 1.82) is 0 Å². The molecule has 1 aromatic rings. The Hall–Kier alpha value is -2.02. The highest BCUT2D eigenvalue weighted by atomic mass is 32.1. The number of nitro benzene ring substituents is 1. The second kappa shape index (κ2) is 9.09. The van der Waals surface area contributed by atoms with Crippen LogP contribution in [0.2, 0.25) is 0 Å². The van der Waals surface area contributed by atoms with Crippen molar-refractivity contribution in [3.8, 4) is 0 Å². The molecular weight excluding hydrogens is 302 g/mol. The predicted octanol–water partition coefficient (Wildman–Crippen LogP) is 3.69. The monoisotopic (exact) mass is 323 g/mol. The van der Waals surface area contributed by atoms with E-state index in [4.69, 9.17) is 12.2 Å². The van der Waals surface area contributed by atoms with E-state index in [0.717, 1.165) is 31.2 Å². The maximum Gasteiger partial charge on any atom is 0.292 e. The predicted molar refractivity (Wildman–Crippen MR) is 91.0 cm³/mol. The minimum absolute atomic E-state index is 0.0699. The highest BCUT2D eigenvalue weighted by Gasteiger charge is 2.15. The number of unbranched alkanes of at least 4 members (excludes halogenated alkanes) is 3. The number of nitro groups is 1. The summed E-state index contributed by atoms with van der Waals surface area (Å²) in [6, 6.07) is 4.77. The molecule has 120 valence electrons. The number of hydrogen-bond acceptors (Lipinski definition) is 4. The van der Waals surface area contributed by atoms with Crippen molar-refractivity contribution >= 4 is 34.6 Å². The third kappa shape index (κ3) is 6.17. The van der Waals surface area contributed by atoms with E-state index in [1.54, 1.807) is 19.1 Å². The summed E-state index contributed by atoms with van der Waals surface area (Å²) < 4.78 is 0. The van der Waals surface area contributed by atoms with E-state index >= 15 is 0 Å². The SMILES string of the molecule is CCCCCCC(=O)NC(=S)Nc1ccc(C)cc1[N+](=O)[O-]. The molecule has 1 amide bonds. The third-order valence-corrected chi connectivity index (χ3v) is 3.31. The normalized spacial score (nSPS) is 10.1. The zero-order chi connectivity index (χ0) is 16.5. The molecule has 0 aromatic heterocycles. The first kappa shape index (κ1) is 18.0. The first-order valence-corrected chi connectivity index (χ1v) is 7.70. The van der Waals surface area contributed by atoms with E-state index in [1.165, 1.54) is 6.07 Å². The molecule has 0 saturated heterocycles. The fourth-order valence-electron chi connectivity index (χ4n) is 1.95. The molecule has 0 spiro atoms. The van der Waals surface area contributed by atoms with Gasteiger partial charge in [0.25, 0.3) is 5.69 Å². The van der Waals surface area contributed by atoms with Gasteiger partial charge in [-0.1, -0.05) is 32.3 Å². The second-order valence-corrected chi connectivity index (χ2v) is 5.50. The van der Waals surface area contributed by atoms with Crippen LogP contribution in [0.25, 0.3) is 0 Å². The van der Waals surface area contributed by atoms with Crippen molar-refractivity contribution in [2.24, 2.45) is 0 Å². The molecule has 0 unspecified atom stereocenters. The Morgan fingerprint density at radius 2 is 2.05 bits per heavy atom. The third-order valence-electron chi connectivity index (χ3n) is 3.11. The lowest BCUT2D eigenvalue weighted by molar-refractivity contribution is -0.383. The number of anilines is 1. The van der Waals surface area contributed by atoms with Gasteiger partial charge in [0.2, 0.25) is 5.91 Å². The molecule has 1 aromatic carbocycles. The molecule has 0 atom stereocenters. The van der Waals surface area contributed by atoms with Gasteiger partial charge in [-0.2, -0.15) is 0 Å². The first-order valence-electron chi connectivity index (χ1n) is 7.30. The van der Waals surface area contributed by atoms with Crippen LogP contribution in [0.15, 0.2) is 18.2 Å². The summed E-state index contributed by atoms with van der Waals surface area (Å²) in [6.07, 6.45) is 4.43. The zero-order valence-corrected chi connectivity index (χ0v) is 13.7. The molecular formula is C15H21N3O3S. The van der Waals surface area contributed by atoms with Gasteiger partial charge in [0, 0.05) is 12.5 Å². The van der Waals surface area contributed by atoms with E-state index in [0.29, 0.717) is 6.42 Å². The first-order chi connectivity index (χ1) is 10.4. The Morgan fingerprint density at radius 1 is 1.32 bits per heavy atom. The molecule has 0 aliphatic rings. The van der Waals surface area contributed by atoms with Gasteiger partial charge >= 0.3 is 0 Å². The maximum atomic E-state index is 11.7. The van der Waals surface area contributed by atoms with Crippen molar-refractivity contribution in [1.82, 2.24) is 5.32 Å². The van der Waals surface area contributed by atoms with E-state index in [2.05, 4.69) is 17.6 Å². The topological polar surface area (TPSA) is 84.3 Å². The number of amides is 1. The number of carbonyl (C=O) groups is 1. The van der Waals surface area contributed by atoms with Crippen LogP contribution < -0.4 is 10.6 Å². The van der Waals surface area contributed by atoms with Crippen LogP contribution in [0.5, 0.6) is 0 Å². The summed E-state index contributed by atoms with van der Waals surface area (Å²) in [4.78, 5) is 22.2. The Kier molecular flexibility index (Phi) is 7.45. The van der Waals surface area contributed by atoms with Crippen LogP contribution in [-0.4, -0.2) is 15.9 Å². The molecule has 0 bridgehead atoms. The molecule has 0 saturated carbocycles. The van der Waals surface area contributed by atoms with E-state index in [-0.39, 0.29) is 22.4 Å². The lowest BCUT2D eigenvalue weighted by Crippen LogP contribution is -2.34. The Labute approximate surface area is 135 Å². The van der Waals surface area contributed by atoms with Gasteiger partial charge in [-0.05, 0) is 37.2 Å². The average molecular weight is 323 g/mol. The molecule has 0 fully saturated rings. The minimum Gasteiger partial charge on any atom is -0.327 e. The molecule has 0 heterocycles. The van der Waals surface area contributed by atoms with Crippen LogP contribution in [0, 0.1) is 17.0 Å². The Bertz CT molecular complexity index is 561. The van der Waals surface area contributed by atoms with E-state index in [1.807, 2.05) is 0 Å². The smallest absolute Gasteiger partial charge is 0.292 e. The quantitative estimate of drug-likeness (QED) is 0.346. The highest BCUT2D eigenvalue weighted by Crippen LogP contribution is 2.25. The molecule has 0 aliphatic heterocycles. The Morgan fingerprint density at radius 3 is 2.68 bits per heavy atom. The number of nitrogens with one attached hydrogen (secondary N) is 2. The number of aryl methyl sites for hydroxylation is 1. The van der Waals surface area contributed by atoms with Crippen molar-refractivity contribution in [3.05, 3.63) is 33.9 Å². The van der Waals surface area contributed by atoms with Crippen LogP contribution in [-0.2, 0) is 4.79 Å². The van der Waals surface area contributed by atoms with E-state index < -0.39 is 4.92 Å². The van der Waals surface area contributed by atoms with Crippen molar-refractivity contribution in [2.75, 3.05) is 5.32 Å². The molecule has 22 heavy (non-hydrogen) atoms. The van der Waals surface area contributed by atoms with E-state index in [9.17, 15) is 14.9 Å². The number of rotatable bonds is 7. The van der Waals surface area contributed by atoms with Crippen molar-refractivity contribution in [2.45, 2.75) is 46.0 Å². The van der Waals surface area contributed by atoms with Crippen LogP contribution in [0.1, 0.15) is 44.6 Å². The highest BCUT2D eigenvalue weighted by molar-refractivity contribution is 7.80. The average Bonchev–Trinajstić information content (AvgIpc) is 2.45. The molecule has 7 heteroatoms. The van der Waals surface area contributed by atoms with Gasteiger partial charge in [-0.3, -0.25) is 14.9 Å². The lowest BCUT2D eigenvalue weighted by Gasteiger charge is -2.10. The number of hydrogen-bond donors (Lipinski definition) is 2. The number of benzene rings is 1. The minimum atomic E-state index is -0.482. The molecule has 1 rings (SSSR count). The summed E-state index contributed by atoms with van der Waals surface area (Å²) in [5, 5.41) is 16.3. The Balaban J connectivity index is 2.55. The van der Waals surface area contributed by atoms with Crippen molar-refractivity contribution < 1.29 is 9.72 Å². The molecule has 2 N–H and O–H groups in total. The summed E-state index contributed by atoms with van der Waals surface area (Å²) in [5.74, 6) is -0.177. The summed E-state index contributed by atoms with van der Waals surface area (Å²) >= 11 is 5.03. The maximum absolute atomic E-state index is 11.7. The van der Waals surface area contributed by atoms with Crippen LogP contribution in [0.4, 0.5) is 11.4 Å². The fraction of sp³-hybridized carbons (Fsp3) is 0.467. The van der Waals surface area contributed by atoms with Gasteiger partial charge in [0.1, 0.15) is 5.69 Å². The largest absolute Gasteiger partial charge is 0.327 e. The fourth-order valence-corrected chi connectivity index (χ4v) is 2.18. The van der Waals surface area contributed by atoms with Crippen molar-refractivity contribution in [3.63, 3.8) is 0 Å². The van der Waals surface area contributed by atoms with Crippen LogP contribution in [0.3, 0.4) is 0 Å². The van der Waals surface area contributed by atoms with Gasteiger partial charge in [0.05, 0.1) is 4.92 Å². The molecule has 0 radical (unpaired) electrons. The number of nitrogens with zero attached hydrogens (tertiary/aromatic N) is 1. The summed E-state index contributed by atoms with van der Waals surface area (Å²) in [6.45, 7) is 3.88. The zero-order valence-electron chi connectivity index (χ0n) is 12.8. The van der Waals surface area contributed by atoms with Crippen LogP contribution >= 0.6 is 12.2 Å². The van der Waals surface area contributed by atoms with Gasteiger partial charge in [-0.15, -0.1) is 0 Å². The van der Waals surface area contributed by atoms with Gasteiger partial charge in [0.15, 0.2) is 5.11 Å². The number of carbonyl (C=O) groups excluding carboxylic acids is 1. The van der Waals surface area contributed by atoms with Gasteiger partial charge in [-0.25, -0.2) is 0 Å². The summed E-state index contributed by atoms with van der Waals surface area (Å²) in [7, 11) is 0. The standard InChI is InChI=1S/C15H21N3O3S/c1-3-4-5-6-7-14(19)17-15(22)16-12-9-8-11(2)10-13(12)18(20)21/h8-10H,3-7H2,1-2H3,(H2,16,17,19,22). The summed E-state index contributed by atoms with van der Waals surface area (Å²) in [5.41, 5.74) is 0.981. The number of thiocarbonyl (C=S) groups is 1. The second-order valence-electron chi connectivity index (χ2n) is 5.09. The van der Waals surface area contributed by atoms with Gasteiger partial charge < -0.3 is 10.6 Å². The molecule has 0 aliphatic carbocycles. The lowest BCUT2D eigenvalue weighted by atomic mass is 10.1. The molecule has 6 nitrogen and oxygen atoms in total.